The lowest BCUT2D eigenvalue weighted by molar-refractivity contribution is 0.0187. The molecule has 1 amide bonds. The summed E-state index contributed by atoms with van der Waals surface area (Å²) in [5.41, 5.74) is -0.407. The van der Waals surface area contributed by atoms with Crippen LogP contribution < -0.4 is 5.32 Å². The van der Waals surface area contributed by atoms with E-state index in [1.807, 2.05) is 25.7 Å². The van der Waals surface area contributed by atoms with Crippen molar-refractivity contribution in [1.29, 1.82) is 0 Å². The van der Waals surface area contributed by atoms with E-state index in [1.54, 1.807) is 0 Å². The van der Waals surface area contributed by atoms with Crippen molar-refractivity contribution in [3.05, 3.63) is 0 Å². The molecule has 1 heterocycles. The Kier molecular flexibility index (Phi) is 8.84. The lowest BCUT2D eigenvalue weighted by Crippen LogP contribution is -2.49. The molecule has 0 aromatic carbocycles. The van der Waals surface area contributed by atoms with Gasteiger partial charge in [-0.25, -0.2) is 4.79 Å². The summed E-state index contributed by atoms with van der Waals surface area (Å²) < 4.78 is 5.47. The number of likely N-dealkylation sites (tertiary alicyclic amines) is 1. The Balaban J connectivity index is 2.16. The molecule has 0 radical (unpaired) electrons. The van der Waals surface area contributed by atoms with Gasteiger partial charge < -0.3 is 15.0 Å². The molecule has 1 rings (SSSR count). The van der Waals surface area contributed by atoms with E-state index in [4.69, 9.17) is 4.74 Å². The van der Waals surface area contributed by atoms with E-state index in [1.165, 1.54) is 38.5 Å². The van der Waals surface area contributed by atoms with Gasteiger partial charge in [-0.3, -0.25) is 0 Å². The molecule has 130 valence electrons. The molecule has 1 unspecified atom stereocenters. The van der Waals surface area contributed by atoms with Gasteiger partial charge in [0.05, 0.1) is 0 Å². The molecular formula is C18H36N2O2. The minimum absolute atomic E-state index is 0.168. The highest BCUT2D eigenvalue weighted by atomic mass is 16.6. The highest BCUT2D eigenvalue weighted by Gasteiger charge is 2.27. The summed E-state index contributed by atoms with van der Waals surface area (Å²) in [4.78, 5) is 14.0. The van der Waals surface area contributed by atoms with E-state index in [2.05, 4.69) is 12.2 Å². The average molecular weight is 312 g/mol. The van der Waals surface area contributed by atoms with Crippen LogP contribution >= 0.6 is 0 Å². The Morgan fingerprint density at radius 2 is 1.86 bits per heavy atom. The van der Waals surface area contributed by atoms with Crippen LogP contribution in [0.15, 0.2) is 0 Å². The number of piperidine rings is 1. The topological polar surface area (TPSA) is 41.6 Å². The quantitative estimate of drug-likeness (QED) is 0.678. The fourth-order valence-electron chi connectivity index (χ4n) is 2.85. The molecule has 0 aromatic heterocycles. The fourth-order valence-corrected chi connectivity index (χ4v) is 2.85. The Hall–Kier alpha value is -0.770. The summed E-state index contributed by atoms with van der Waals surface area (Å²) in [6.07, 6.45) is 10.0. The Morgan fingerprint density at radius 1 is 1.18 bits per heavy atom. The second-order valence-electron chi connectivity index (χ2n) is 7.49. The van der Waals surface area contributed by atoms with Crippen molar-refractivity contribution in [3.63, 3.8) is 0 Å². The molecule has 0 spiro atoms. The van der Waals surface area contributed by atoms with Gasteiger partial charge in [0.25, 0.3) is 0 Å². The first kappa shape index (κ1) is 19.3. The van der Waals surface area contributed by atoms with E-state index in [9.17, 15) is 4.79 Å². The Morgan fingerprint density at radius 3 is 2.55 bits per heavy atom. The van der Waals surface area contributed by atoms with E-state index in [-0.39, 0.29) is 6.09 Å². The standard InChI is InChI=1S/C18H36N2O2/c1-5-6-7-8-9-10-13-19-16-12-11-14-20(15-16)17(21)22-18(2,3)4/h16,19H,5-15H2,1-4H3. The number of nitrogens with one attached hydrogen (secondary N) is 1. The second kappa shape index (κ2) is 10.1. The average Bonchev–Trinajstić information content (AvgIpc) is 2.45. The summed E-state index contributed by atoms with van der Waals surface area (Å²) in [6, 6.07) is 0.428. The van der Waals surface area contributed by atoms with Crippen LogP contribution in [0, 0.1) is 0 Å². The van der Waals surface area contributed by atoms with Crippen molar-refractivity contribution in [2.75, 3.05) is 19.6 Å². The number of hydrogen-bond acceptors (Lipinski definition) is 3. The molecule has 1 atom stereocenters. The number of carbonyl (C=O) groups is 1. The number of ether oxygens (including phenoxy) is 1. The highest BCUT2D eigenvalue weighted by molar-refractivity contribution is 5.68. The zero-order valence-electron chi connectivity index (χ0n) is 15.1. The zero-order chi connectivity index (χ0) is 16.4. The molecule has 1 aliphatic rings. The fraction of sp³-hybridized carbons (Fsp3) is 0.944. The SMILES string of the molecule is CCCCCCCCNC1CCCN(C(=O)OC(C)(C)C)C1. The van der Waals surface area contributed by atoms with Gasteiger partial charge in [-0.1, -0.05) is 39.0 Å². The lowest BCUT2D eigenvalue weighted by atomic mass is 10.1. The molecule has 1 N–H and O–H groups in total. The summed E-state index contributed by atoms with van der Waals surface area (Å²) >= 11 is 0. The van der Waals surface area contributed by atoms with Crippen molar-refractivity contribution in [2.45, 2.75) is 90.7 Å². The molecule has 4 heteroatoms. The van der Waals surface area contributed by atoms with Crippen LogP contribution in [-0.2, 0) is 4.74 Å². The number of amides is 1. The number of nitrogens with zero attached hydrogens (tertiary/aromatic N) is 1. The van der Waals surface area contributed by atoms with Crippen molar-refractivity contribution in [1.82, 2.24) is 10.2 Å². The van der Waals surface area contributed by atoms with Crippen molar-refractivity contribution in [2.24, 2.45) is 0 Å². The predicted octanol–water partition coefficient (Wildman–Crippen LogP) is 4.34. The smallest absolute Gasteiger partial charge is 0.410 e. The molecule has 1 saturated heterocycles. The number of rotatable bonds is 8. The Labute approximate surface area is 137 Å². The third kappa shape index (κ3) is 8.62. The summed E-state index contributed by atoms with van der Waals surface area (Å²) in [5.74, 6) is 0. The minimum Gasteiger partial charge on any atom is -0.444 e. The van der Waals surface area contributed by atoms with E-state index >= 15 is 0 Å². The van der Waals surface area contributed by atoms with Crippen LogP contribution in [0.2, 0.25) is 0 Å². The van der Waals surface area contributed by atoms with Gasteiger partial charge in [-0.05, 0) is 46.6 Å². The highest BCUT2D eigenvalue weighted by Crippen LogP contribution is 2.15. The predicted molar refractivity (Wildman–Crippen MR) is 92.2 cm³/mol. The van der Waals surface area contributed by atoms with Gasteiger partial charge in [-0.2, -0.15) is 0 Å². The molecule has 0 bridgehead atoms. The van der Waals surface area contributed by atoms with E-state index in [0.717, 1.165) is 32.5 Å². The first-order valence-corrected chi connectivity index (χ1v) is 9.13. The second-order valence-corrected chi connectivity index (χ2v) is 7.49. The maximum atomic E-state index is 12.1. The number of carbonyl (C=O) groups excluding carboxylic acids is 1. The maximum absolute atomic E-state index is 12.1. The molecule has 0 saturated carbocycles. The van der Waals surface area contributed by atoms with E-state index < -0.39 is 5.60 Å². The van der Waals surface area contributed by atoms with Gasteiger partial charge in [0.1, 0.15) is 5.60 Å². The summed E-state index contributed by atoms with van der Waals surface area (Å²) in [5, 5.41) is 3.61. The molecule has 22 heavy (non-hydrogen) atoms. The third-order valence-corrected chi connectivity index (χ3v) is 4.04. The van der Waals surface area contributed by atoms with Gasteiger partial charge in [0.15, 0.2) is 0 Å². The van der Waals surface area contributed by atoms with Crippen LogP contribution in [0.5, 0.6) is 0 Å². The number of hydrogen-bond donors (Lipinski definition) is 1. The monoisotopic (exact) mass is 312 g/mol. The zero-order valence-corrected chi connectivity index (χ0v) is 15.1. The molecule has 1 aliphatic heterocycles. The molecule has 1 fully saturated rings. The minimum atomic E-state index is -0.407. The van der Waals surface area contributed by atoms with Gasteiger partial charge in [-0.15, -0.1) is 0 Å². The summed E-state index contributed by atoms with van der Waals surface area (Å²) in [6.45, 7) is 10.7. The van der Waals surface area contributed by atoms with E-state index in [0.29, 0.717) is 6.04 Å². The van der Waals surface area contributed by atoms with Crippen LogP contribution in [0.3, 0.4) is 0 Å². The third-order valence-electron chi connectivity index (χ3n) is 4.04. The number of unbranched alkanes of at least 4 members (excludes halogenated alkanes) is 5. The maximum Gasteiger partial charge on any atom is 0.410 e. The van der Waals surface area contributed by atoms with Gasteiger partial charge in [0, 0.05) is 19.1 Å². The van der Waals surface area contributed by atoms with Crippen LogP contribution in [0.25, 0.3) is 0 Å². The first-order chi connectivity index (χ1) is 10.4. The summed E-state index contributed by atoms with van der Waals surface area (Å²) in [7, 11) is 0. The molecule has 0 aliphatic carbocycles. The van der Waals surface area contributed by atoms with Crippen LogP contribution in [0.1, 0.15) is 79.1 Å². The molecule has 0 aromatic rings. The van der Waals surface area contributed by atoms with Crippen LogP contribution in [0.4, 0.5) is 4.79 Å². The van der Waals surface area contributed by atoms with Crippen molar-refractivity contribution in [3.8, 4) is 0 Å². The van der Waals surface area contributed by atoms with Crippen LogP contribution in [-0.4, -0.2) is 42.3 Å². The lowest BCUT2D eigenvalue weighted by Gasteiger charge is -2.34. The Bertz CT molecular complexity index is 313. The molecule has 4 nitrogen and oxygen atoms in total. The largest absolute Gasteiger partial charge is 0.444 e. The van der Waals surface area contributed by atoms with Crippen molar-refractivity contribution < 1.29 is 9.53 Å². The van der Waals surface area contributed by atoms with Crippen molar-refractivity contribution >= 4 is 6.09 Å². The molecular weight excluding hydrogens is 276 g/mol. The first-order valence-electron chi connectivity index (χ1n) is 9.13. The normalized spacial score (nSPS) is 19.3. The van der Waals surface area contributed by atoms with Gasteiger partial charge in [0.2, 0.25) is 0 Å². The van der Waals surface area contributed by atoms with Gasteiger partial charge >= 0.3 is 6.09 Å².